The Morgan fingerprint density at radius 3 is 2.31 bits per heavy atom. The fourth-order valence-electron chi connectivity index (χ4n) is 3.42. The van der Waals surface area contributed by atoms with Crippen molar-refractivity contribution < 1.29 is 17.8 Å². The fourth-order valence-corrected chi connectivity index (χ4v) is 4.72. The van der Waals surface area contributed by atoms with Crippen molar-refractivity contribution in [1.82, 2.24) is 0 Å². The number of ketones is 1. The summed E-state index contributed by atoms with van der Waals surface area (Å²) in [5.41, 5.74) is -1.12. The van der Waals surface area contributed by atoms with Crippen molar-refractivity contribution in [3.63, 3.8) is 0 Å². The van der Waals surface area contributed by atoms with E-state index in [1.807, 2.05) is 13.8 Å². The molecule has 0 aliphatic heterocycles. The molecule has 0 saturated heterocycles. The zero-order valence-electron chi connectivity index (χ0n) is 9.39. The summed E-state index contributed by atoms with van der Waals surface area (Å²) in [6, 6.07) is 0. The number of halogens is 1. The van der Waals surface area contributed by atoms with Gasteiger partial charge in [-0.05, 0) is 24.2 Å². The SMILES string of the molecule is CC1(C)C2CCC1(CS(=O)(=O)O)C(=O)C2.I. The number of Topliss-reactive ketones (excluding diaryl/α,β-unsaturated/α-hetero) is 1. The van der Waals surface area contributed by atoms with Crippen LogP contribution in [0.5, 0.6) is 0 Å². The molecule has 2 fully saturated rings. The van der Waals surface area contributed by atoms with E-state index >= 15 is 0 Å². The Morgan fingerprint density at radius 2 is 2.00 bits per heavy atom. The monoisotopic (exact) mass is 360 g/mol. The molecule has 2 saturated carbocycles. The van der Waals surface area contributed by atoms with E-state index in [1.54, 1.807) is 0 Å². The maximum absolute atomic E-state index is 11.9. The fraction of sp³-hybridized carbons (Fsp3) is 0.900. The summed E-state index contributed by atoms with van der Waals surface area (Å²) in [6.45, 7) is 3.89. The molecule has 2 rings (SSSR count). The predicted octanol–water partition coefficient (Wildman–Crippen LogP) is 1.89. The average Bonchev–Trinajstić information content (AvgIpc) is 2.34. The zero-order valence-corrected chi connectivity index (χ0v) is 12.5. The molecule has 0 aromatic rings. The molecule has 2 atom stereocenters. The van der Waals surface area contributed by atoms with Gasteiger partial charge in [-0.15, -0.1) is 24.0 Å². The van der Waals surface area contributed by atoms with Gasteiger partial charge in [-0.3, -0.25) is 9.35 Å². The van der Waals surface area contributed by atoms with Crippen molar-refractivity contribution in [2.45, 2.75) is 33.1 Å². The molecule has 1 N–H and O–H groups in total. The minimum absolute atomic E-state index is 0. The number of carbonyl (C=O) groups is 1. The van der Waals surface area contributed by atoms with E-state index in [2.05, 4.69) is 0 Å². The lowest BCUT2D eigenvalue weighted by Gasteiger charge is -2.35. The molecule has 0 amide bonds. The van der Waals surface area contributed by atoms with Gasteiger partial charge in [0.05, 0.1) is 11.2 Å². The van der Waals surface area contributed by atoms with Crippen LogP contribution in [0.1, 0.15) is 33.1 Å². The van der Waals surface area contributed by atoms with Crippen LogP contribution in [0.25, 0.3) is 0 Å². The van der Waals surface area contributed by atoms with Gasteiger partial charge < -0.3 is 0 Å². The third-order valence-electron chi connectivity index (χ3n) is 4.57. The minimum atomic E-state index is -4.08. The first-order chi connectivity index (χ1) is 6.69. The highest BCUT2D eigenvalue weighted by atomic mass is 127. The molecule has 2 aliphatic carbocycles. The Kier molecular flexibility index (Phi) is 3.51. The first-order valence-corrected chi connectivity index (χ1v) is 6.78. The second kappa shape index (κ2) is 3.91. The normalized spacial score (nSPS) is 36.2. The summed E-state index contributed by atoms with van der Waals surface area (Å²) in [6.07, 6.45) is 1.97. The van der Waals surface area contributed by atoms with Gasteiger partial charge in [0.15, 0.2) is 0 Å². The van der Waals surface area contributed by atoms with E-state index < -0.39 is 21.3 Å². The Hall–Kier alpha value is 0.310. The van der Waals surface area contributed by atoms with Gasteiger partial charge in [-0.2, -0.15) is 8.42 Å². The summed E-state index contributed by atoms with van der Waals surface area (Å²) in [5, 5.41) is 0. The molecule has 16 heavy (non-hydrogen) atoms. The number of rotatable bonds is 2. The summed E-state index contributed by atoms with van der Waals surface area (Å²) >= 11 is 0. The van der Waals surface area contributed by atoms with E-state index in [9.17, 15) is 13.2 Å². The molecule has 2 unspecified atom stereocenters. The highest BCUT2D eigenvalue weighted by Crippen LogP contribution is 2.64. The van der Waals surface area contributed by atoms with Gasteiger partial charge in [0.25, 0.3) is 10.1 Å². The molecule has 4 nitrogen and oxygen atoms in total. The molecule has 6 heteroatoms. The maximum Gasteiger partial charge on any atom is 0.265 e. The van der Waals surface area contributed by atoms with Crippen LogP contribution >= 0.6 is 24.0 Å². The Bertz CT molecular complexity index is 415. The molecule has 0 spiro atoms. The lowest BCUT2D eigenvalue weighted by molar-refractivity contribution is -0.128. The van der Waals surface area contributed by atoms with Crippen LogP contribution in [0.3, 0.4) is 0 Å². The average molecular weight is 360 g/mol. The van der Waals surface area contributed by atoms with Crippen LogP contribution in [0.2, 0.25) is 0 Å². The predicted molar refractivity (Wildman–Crippen MR) is 70.4 cm³/mol. The lowest BCUT2D eigenvalue weighted by atomic mass is 9.70. The molecule has 0 aromatic heterocycles. The smallest absolute Gasteiger partial charge is 0.265 e. The summed E-state index contributed by atoms with van der Waals surface area (Å²) < 4.78 is 31.0. The van der Waals surface area contributed by atoms with E-state index in [1.165, 1.54) is 0 Å². The van der Waals surface area contributed by atoms with E-state index in [0.29, 0.717) is 12.8 Å². The maximum atomic E-state index is 11.9. The minimum Gasteiger partial charge on any atom is -0.299 e. The second-order valence-electron chi connectivity index (χ2n) is 5.39. The Balaban J connectivity index is 0.00000128. The van der Waals surface area contributed by atoms with Crippen molar-refractivity contribution in [3.8, 4) is 0 Å². The third kappa shape index (κ3) is 1.82. The van der Waals surface area contributed by atoms with Crippen molar-refractivity contribution in [2.75, 3.05) is 5.75 Å². The van der Waals surface area contributed by atoms with Crippen LogP contribution < -0.4 is 0 Å². The van der Waals surface area contributed by atoms with Gasteiger partial charge in [-0.1, -0.05) is 13.8 Å². The van der Waals surface area contributed by atoms with Gasteiger partial charge >= 0.3 is 0 Å². The van der Waals surface area contributed by atoms with E-state index in [-0.39, 0.29) is 41.1 Å². The highest BCUT2D eigenvalue weighted by Gasteiger charge is 2.65. The van der Waals surface area contributed by atoms with Crippen molar-refractivity contribution in [1.29, 1.82) is 0 Å². The molecular formula is C10H17IO4S. The second-order valence-corrected chi connectivity index (χ2v) is 6.85. The number of hydrogen-bond donors (Lipinski definition) is 1. The first kappa shape index (κ1) is 14.4. The summed E-state index contributed by atoms with van der Waals surface area (Å²) in [5.74, 6) is -0.101. The van der Waals surface area contributed by atoms with Crippen LogP contribution in [0, 0.1) is 16.7 Å². The lowest BCUT2D eigenvalue weighted by Crippen LogP contribution is -2.42. The summed E-state index contributed by atoms with van der Waals surface area (Å²) in [4.78, 5) is 11.9. The van der Waals surface area contributed by atoms with Crippen molar-refractivity contribution in [3.05, 3.63) is 0 Å². The van der Waals surface area contributed by atoms with Crippen molar-refractivity contribution >= 4 is 39.9 Å². The third-order valence-corrected chi connectivity index (χ3v) is 5.43. The molecular weight excluding hydrogens is 343 g/mol. The van der Waals surface area contributed by atoms with Crippen LogP contribution in [0.4, 0.5) is 0 Å². The molecule has 0 aromatic carbocycles. The molecule has 2 aliphatic rings. The molecule has 94 valence electrons. The number of carbonyl (C=O) groups excluding carboxylic acids is 1. The largest absolute Gasteiger partial charge is 0.299 e. The van der Waals surface area contributed by atoms with Crippen molar-refractivity contribution in [2.24, 2.45) is 16.7 Å². The quantitative estimate of drug-likeness (QED) is 0.603. The highest BCUT2D eigenvalue weighted by molar-refractivity contribution is 14.0. The van der Waals surface area contributed by atoms with E-state index in [0.717, 1.165) is 6.42 Å². The Morgan fingerprint density at radius 1 is 1.44 bits per heavy atom. The van der Waals surface area contributed by atoms with Gasteiger partial charge in [0.2, 0.25) is 0 Å². The van der Waals surface area contributed by atoms with Crippen LogP contribution in [-0.4, -0.2) is 24.5 Å². The molecule has 0 heterocycles. The first-order valence-electron chi connectivity index (χ1n) is 5.17. The van der Waals surface area contributed by atoms with Gasteiger partial charge in [-0.25, -0.2) is 0 Å². The van der Waals surface area contributed by atoms with Gasteiger partial charge in [0.1, 0.15) is 5.78 Å². The summed E-state index contributed by atoms with van der Waals surface area (Å²) in [7, 11) is -4.08. The van der Waals surface area contributed by atoms with Crippen LogP contribution in [0.15, 0.2) is 0 Å². The molecule has 0 radical (unpaired) electrons. The van der Waals surface area contributed by atoms with E-state index in [4.69, 9.17) is 4.55 Å². The van der Waals surface area contributed by atoms with Gasteiger partial charge in [0, 0.05) is 6.42 Å². The molecule has 2 bridgehead atoms. The zero-order chi connectivity index (χ0) is 11.5. The number of hydrogen-bond acceptors (Lipinski definition) is 3. The Labute approximate surface area is 113 Å². The topological polar surface area (TPSA) is 71.4 Å². The van der Waals surface area contributed by atoms with Crippen LogP contribution in [-0.2, 0) is 14.9 Å². The standard InChI is InChI=1S/C10H16O4S.HI/c1-9(2)7-3-4-10(9,8(11)5-7)6-15(12,13)14;/h7H,3-6H2,1-2H3,(H,12,13,14);1H. The number of fused-ring (bicyclic) bond motifs is 2.